The van der Waals surface area contributed by atoms with E-state index in [1.165, 1.54) is 6.33 Å². The number of aromatic nitrogens is 4. The van der Waals surface area contributed by atoms with Gasteiger partial charge in [-0.1, -0.05) is 77.9 Å². The van der Waals surface area contributed by atoms with Gasteiger partial charge in [0.2, 0.25) is 5.91 Å². The Morgan fingerprint density at radius 2 is 1.71 bits per heavy atom. The SMILES string of the molecule is [2H]C[C@H]1O[C@@H](n2cnc3c(NC(=O)COc4ccccc4)ncnc32)C(OC)[C@H]1OP(OCCCCSSC(C)(C)CCC(=O)NCc1ccc(C2OCC(CC)(CC)CO2)cc1)N(C(C)C)C(C)C. The lowest BCUT2D eigenvalue weighted by atomic mass is 9.83. The van der Waals surface area contributed by atoms with E-state index in [0.717, 1.165) is 49.0 Å². The zero-order valence-electron chi connectivity index (χ0n) is 42.8. The Bertz CT molecular complexity index is 2210. The van der Waals surface area contributed by atoms with Gasteiger partial charge in [-0.25, -0.2) is 19.6 Å². The Morgan fingerprint density at radius 1 is 0.986 bits per heavy atom. The van der Waals surface area contributed by atoms with Gasteiger partial charge in [0.25, 0.3) is 14.4 Å². The highest BCUT2D eigenvalue weighted by Crippen LogP contribution is 2.51. The monoisotopic (exact) mass is 1010 g/mol. The van der Waals surface area contributed by atoms with Crippen molar-refractivity contribution in [3.05, 3.63) is 78.4 Å². The van der Waals surface area contributed by atoms with Crippen LogP contribution in [0, 0.1) is 5.41 Å². The highest BCUT2D eigenvalue weighted by atomic mass is 33.1. The topological polar surface area (TPSA) is 170 Å². The number of carbonyl (C=O) groups excluding carboxylic acids is 2. The zero-order valence-corrected chi connectivity index (χ0v) is 44.3. The molecule has 2 unspecified atom stereocenters. The van der Waals surface area contributed by atoms with Crippen LogP contribution in [0.5, 0.6) is 5.75 Å². The normalized spacial score (nSPS) is 20.4. The van der Waals surface area contributed by atoms with E-state index in [1.54, 1.807) is 30.1 Å². The van der Waals surface area contributed by atoms with Crippen LogP contribution in [0.1, 0.15) is 126 Å². The van der Waals surface area contributed by atoms with Gasteiger partial charge in [-0.15, -0.1) is 0 Å². The third kappa shape index (κ3) is 15.3. The van der Waals surface area contributed by atoms with Gasteiger partial charge >= 0.3 is 0 Å². The molecule has 2 aromatic heterocycles. The Labute approximate surface area is 419 Å². The van der Waals surface area contributed by atoms with Crippen molar-refractivity contribution >= 4 is 58.9 Å². The van der Waals surface area contributed by atoms with E-state index in [9.17, 15) is 9.59 Å². The van der Waals surface area contributed by atoms with Crippen LogP contribution < -0.4 is 15.4 Å². The molecule has 0 radical (unpaired) electrons. The number of methoxy groups -OCH3 is 1. The zero-order chi connectivity index (χ0) is 50.3. The number of rotatable bonds is 27. The predicted molar refractivity (Wildman–Crippen MR) is 275 cm³/mol. The van der Waals surface area contributed by atoms with Crippen LogP contribution in [0.4, 0.5) is 5.82 Å². The molecule has 4 heterocycles. The molecule has 2 N–H and O–H groups in total. The minimum absolute atomic E-state index is 0.0440. The second-order valence-electron chi connectivity index (χ2n) is 18.7. The molecule has 2 amide bonds. The van der Waals surface area contributed by atoms with Crippen molar-refractivity contribution in [1.82, 2.24) is 29.5 Å². The number of hydrogen-bond donors (Lipinski definition) is 2. The summed E-state index contributed by atoms with van der Waals surface area (Å²) in [6.07, 6.45) is 4.98. The molecule has 0 spiro atoms. The molecule has 2 fully saturated rings. The van der Waals surface area contributed by atoms with Crippen LogP contribution in [0.15, 0.2) is 67.3 Å². The molecule has 4 aromatic rings. The summed E-state index contributed by atoms with van der Waals surface area (Å²) in [5, 5.41) is 5.88. The number of amides is 2. The van der Waals surface area contributed by atoms with E-state index in [1.807, 2.05) is 64.1 Å². The first-order chi connectivity index (χ1) is 33.7. The second kappa shape index (κ2) is 26.3. The van der Waals surface area contributed by atoms with E-state index in [0.29, 0.717) is 49.7 Å². The van der Waals surface area contributed by atoms with Gasteiger partial charge < -0.3 is 43.4 Å². The molecule has 0 saturated carbocycles. The lowest BCUT2D eigenvalue weighted by Gasteiger charge is -2.39. The molecule has 69 heavy (non-hydrogen) atoms. The molecule has 2 aliphatic rings. The van der Waals surface area contributed by atoms with Crippen molar-refractivity contribution in [2.24, 2.45) is 5.41 Å². The number of benzene rings is 2. The fourth-order valence-electron chi connectivity index (χ4n) is 8.09. The fourth-order valence-corrected chi connectivity index (χ4v) is 12.6. The molecule has 0 bridgehead atoms. The first kappa shape index (κ1) is 53.4. The Morgan fingerprint density at radius 3 is 2.38 bits per heavy atom. The molecule has 380 valence electrons. The van der Waals surface area contributed by atoms with E-state index in [2.05, 4.69) is 85.6 Å². The van der Waals surface area contributed by atoms with Crippen LogP contribution in [-0.2, 0) is 44.1 Å². The molecule has 19 heteroatoms. The van der Waals surface area contributed by atoms with E-state index in [4.69, 9.17) is 34.1 Å². The van der Waals surface area contributed by atoms with Gasteiger partial charge in [0.1, 0.15) is 24.3 Å². The second-order valence-corrected chi connectivity index (χ2v) is 23.3. The molecule has 6 rings (SSSR count). The summed E-state index contributed by atoms with van der Waals surface area (Å²) in [6, 6.07) is 17.4. The van der Waals surface area contributed by atoms with Gasteiger partial charge in [0.05, 0.1) is 32.3 Å². The number of nitrogens with one attached hydrogen (secondary N) is 2. The molecule has 0 aliphatic carbocycles. The van der Waals surface area contributed by atoms with Gasteiger partial charge in [-0.05, 0) is 98.2 Å². The number of unbranched alkanes of at least 4 members (excludes halogenated alkanes) is 1. The molecule has 16 nitrogen and oxygen atoms in total. The number of para-hydroxylation sites is 1. The quantitative estimate of drug-likeness (QED) is 0.0328. The first-order valence-electron chi connectivity index (χ1n) is 24.8. The summed E-state index contributed by atoms with van der Waals surface area (Å²) >= 11 is 0. The van der Waals surface area contributed by atoms with Crippen molar-refractivity contribution in [2.45, 2.75) is 155 Å². The molecular weight excluding hydrogens is 938 g/mol. The van der Waals surface area contributed by atoms with Crippen LogP contribution in [0.25, 0.3) is 11.2 Å². The summed E-state index contributed by atoms with van der Waals surface area (Å²) < 4.78 is 56.3. The van der Waals surface area contributed by atoms with Gasteiger partial charge in [0, 0.05) is 55.0 Å². The lowest BCUT2D eigenvalue weighted by Crippen LogP contribution is -2.39. The highest BCUT2D eigenvalue weighted by Gasteiger charge is 2.48. The maximum atomic E-state index is 12.9. The van der Waals surface area contributed by atoms with Crippen molar-refractivity contribution in [3.63, 3.8) is 0 Å². The van der Waals surface area contributed by atoms with Crippen molar-refractivity contribution in [3.8, 4) is 5.75 Å². The van der Waals surface area contributed by atoms with Crippen molar-refractivity contribution < 1.29 is 43.7 Å². The third-order valence-corrected chi connectivity index (χ3v) is 18.0. The first-order valence-corrected chi connectivity index (χ1v) is 27.5. The van der Waals surface area contributed by atoms with Gasteiger partial charge in [-0.3, -0.25) is 14.2 Å². The summed E-state index contributed by atoms with van der Waals surface area (Å²) in [4.78, 5) is 39.1. The number of imidazole rings is 1. The van der Waals surface area contributed by atoms with E-state index >= 15 is 0 Å². The number of hydrogen-bond acceptors (Lipinski definition) is 15. The average molecular weight is 1010 g/mol. The summed E-state index contributed by atoms with van der Waals surface area (Å²) in [6.45, 7) is 19.3. The minimum atomic E-state index is -1.59. The minimum Gasteiger partial charge on any atom is -0.484 e. The summed E-state index contributed by atoms with van der Waals surface area (Å²) in [5.41, 5.74) is 2.93. The summed E-state index contributed by atoms with van der Waals surface area (Å²) in [7, 11) is 3.66. The number of ether oxygens (including phenoxy) is 5. The molecule has 2 aromatic carbocycles. The number of fused-ring (bicyclic) bond motifs is 1. The lowest BCUT2D eigenvalue weighted by molar-refractivity contribution is -0.235. The van der Waals surface area contributed by atoms with Crippen LogP contribution in [0.3, 0.4) is 0 Å². The molecule has 2 aliphatic heterocycles. The molecular formula is C50H74N7O9PS2. The van der Waals surface area contributed by atoms with Crippen molar-refractivity contribution in [1.29, 1.82) is 0 Å². The smallest absolute Gasteiger partial charge is 0.263 e. The van der Waals surface area contributed by atoms with Crippen LogP contribution in [0.2, 0.25) is 0 Å². The Hall–Kier alpha value is -3.42. The van der Waals surface area contributed by atoms with Gasteiger partial charge in [-0.2, -0.15) is 0 Å². The maximum Gasteiger partial charge on any atom is 0.263 e. The standard InChI is InChI=1S/C50H74N7O9PS2/c1-11-50(12-2)30-62-48(63-31-50)38-22-20-37(21-23-38)28-51-40(58)24-25-49(8,9)69-68-27-17-16-26-64-67(57(34(3)4)35(5)6)66-43-36(7)65-47(44(43)60-10)56-33-54-42-45(52-32-53-46(42)56)55-41(59)29-61-39-18-14-13-15-19-39/h13-15,18-23,32-36,43-44,47-48H,11-12,16-17,24-31H2,1-10H3,(H,51,58)(H,52,53,55,59)/t36-,43+,44?,47-,67?/m1/s1/i7D. The maximum absolute atomic E-state index is 12.9. The summed E-state index contributed by atoms with van der Waals surface area (Å²) in [5.74, 6) is 1.39. The highest BCUT2D eigenvalue weighted by molar-refractivity contribution is 8.77. The molecule has 2 saturated heterocycles. The Balaban J connectivity index is 0.947. The van der Waals surface area contributed by atoms with E-state index < -0.39 is 39.0 Å². The van der Waals surface area contributed by atoms with Crippen molar-refractivity contribution in [2.75, 3.05) is 44.6 Å². The van der Waals surface area contributed by atoms with Crippen LogP contribution in [-0.4, -0.2) is 110 Å². The predicted octanol–water partition coefficient (Wildman–Crippen LogP) is 10.4. The third-order valence-electron chi connectivity index (χ3n) is 12.4. The fraction of sp³-hybridized carbons (Fsp3) is 0.620. The number of anilines is 1. The Kier molecular flexibility index (Phi) is 20.4. The number of nitrogens with zero attached hydrogens (tertiary/aromatic N) is 5. The van der Waals surface area contributed by atoms with E-state index in [-0.39, 0.29) is 53.8 Å². The molecule has 5 atom stereocenters. The largest absolute Gasteiger partial charge is 0.484 e. The number of carbonyl (C=O) groups is 2. The van der Waals surface area contributed by atoms with Gasteiger partial charge in [0.15, 0.2) is 36.1 Å². The average Bonchev–Trinajstić information content (AvgIpc) is 3.95. The van der Waals surface area contributed by atoms with Crippen LogP contribution >= 0.6 is 30.1 Å².